The van der Waals surface area contributed by atoms with E-state index in [9.17, 15) is 0 Å². The van der Waals surface area contributed by atoms with Gasteiger partial charge in [-0.1, -0.05) is 12.8 Å². The molecule has 0 bridgehead atoms. The minimum atomic E-state index is 0.585. The van der Waals surface area contributed by atoms with Crippen molar-refractivity contribution < 1.29 is 0 Å². The standard InChI is InChI=1S/C10H13BrN2/c11-9-5-8(6-13-10(9)12)7-3-1-2-4-7/h5-7H,1-4H2,(H2,12,13). The van der Waals surface area contributed by atoms with Gasteiger partial charge in [-0.3, -0.25) is 0 Å². The zero-order chi connectivity index (χ0) is 9.26. The molecule has 0 aliphatic heterocycles. The maximum absolute atomic E-state index is 5.63. The molecule has 3 heteroatoms. The summed E-state index contributed by atoms with van der Waals surface area (Å²) in [6.07, 6.45) is 7.23. The number of rotatable bonds is 1. The highest BCUT2D eigenvalue weighted by Crippen LogP contribution is 2.35. The van der Waals surface area contributed by atoms with Crippen LogP contribution in [-0.2, 0) is 0 Å². The fourth-order valence-corrected chi connectivity index (χ4v) is 2.31. The molecule has 70 valence electrons. The summed E-state index contributed by atoms with van der Waals surface area (Å²) in [7, 11) is 0. The molecule has 0 spiro atoms. The summed E-state index contributed by atoms with van der Waals surface area (Å²) >= 11 is 3.41. The van der Waals surface area contributed by atoms with Crippen LogP contribution in [0.1, 0.15) is 37.2 Å². The zero-order valence-corrected chi connectivity index (χ0v) is 9.05. The Kier molecular flexibility index (Phi) is 2.54. The van der Waals surface area contributed by atoms with Gasteiger partial charge in [-0.15, -0.1) is 0 Å². The molecule has 13 heavy (non-hydrogen) atoms. The van der Waals surface area contributed by atoms with Crippen molar-refractivity contribution in [2.75, 3.05) is 5.73 Å². The highest BCUT2D eigenvalue weighted by Gasteiger charge is 2.17. The van der Waals surface area contributed by atoms with Crippen LogP contribution in [0.3, 0.4) is 0 Å². The van der Waals surface area contributed by atoms with Gasteiger partial charge < -0.3 is 5.73 Å². The van der Waals surface area contributed by atoms with E-state index in [4.69, 9.17) is 5.73 Å². The smallest absolute Gasteiger partial charge is 0.137 e. The van der Waals surface area contributed by atoms with Gasteiger partial charge in [0.25, 0.3) is 0 Å². The highest BCUT2D eigenvalue weighted by molar-refractivity contribution is 9.10. The topological polar surface area (TPSA) is 38.9 Å². The van der Waals surface area contributed by atoms with Gasteiger partial charge in [0, 0.05) is 6.20 Å². The molecule has 0 aromatic carbocycles. The van der Waals surface area contributed by atoms with Gasteiger partial charge in [0.1, 0.15) is 5.82 Å². The van der Waals surface area contributed by atoms with Gasteiger partial charge in [-0.25, -0.2) is 4.98 Å². The third-order valence-electron chi connectivity index (χ3n) is 2.72. The van der Waals surface area contributed by atoms with E-state index in [1.807, 2.05) is 6.20 Å². The number of aromatic nitrogens is 1. The molecule has 1 aliphatic rings. The second-order valence-electron chi connectivity index (χ2n) is 3.62. The van der Waals surface area contributed by atoms with Crippen molar-refractivity contribution >= 4 is 21.7 Å². The van der Waals surface area contributed by atoms with Gasteiger partial charge in [-0.2, -0.15) is 0 Å². The monoisotopic (exact) mass is 240 g/mol. The van der Waals surface area contributed by atoms with Gasteiger partial charge in [0.15, 0.2) is 0 Å². The predicted molar refractivity (Wildman–Crippen MR) is 57.6 cm³/mol. The van der Waals surface area contributed by atoms with Gasteiger partial charge >= 0.3 is 0 Å². The van der Waals surface area contributed by atoms with Crippen molar-refractivity contribution in [2.45, 2.75) is 31.6 Å². The summed E-state index contributed by atoms with van der Waals surface area (Å²) in [5.41, 5.74) is 6.96. The number of nitrogens with two attached hydrogens (primary N) is 1. The molecule has 0 unspecified atom stereocenters. The summed E-state index contributed by atoms with van der Waals surface area (Å²) in [6, 6.07) is 2.11. The highest BCUT2D eigenvalue weighted by atomic mass is 79.9. The van der Waals surface area contributed by atoms with Crippen LogP contribution in [-0.4, -0.2) is 4.98 Å². The van der Waals surface area contributed by atoms with Crippen LogP contribution in [0.4, 0.5) is 5.82 Å². The Bertz CT molecular complexity index is 306. The molecule has 2 rings (SSSR count). The first-order chi connectivity index (χ1) is 6.27. The molecule has 0 amide bonds. The first kappa shape index (κ1) is 9.00. The summed E-state index contributed by atoms with van der Waals surface area (Å²) in [5, 5.41) is 0. The molecular formula is C10H13BrN2. The molecule has 1 aromatic heterocycles. The number of pyridine rings is 1. The lowest BCUT2D eigenvalue weighted by Crippen LogP contribution is -1.97. The molecular weight excluding hydrogens is 228 g/mol. The zero-order valence-electron chi connectivity index (χ0n) is 7.46. The van der Waals surface area contributed by atoms with Crippen molar-refractivity contribution in [1.29, 1.82) is 0 Å². The predicted octanol–water partition coefficient (Wildman–Crippen LogP) is 3.08. The lowest BCUT2D eigenvalue weighted by Gasteiger charge is -2.09. The maximum Gasteiger partial charge on any atom is 0.137 e. The molecule has 1 fully saturated rings. The Morgan fingerprint density at radius 1 is 1.38 bits per heavy atom. The van der Waals surface area contributed by atoms with E-state index in [2.05, 4.69) is 27.0 Å². The van der Waals surface area contributed by atoms with E-state index in [0.717, 1.165) is 4.47 Å². The lowest BCUT2D eigenvalue weighted by molar-refractivity contribution is 0.719. The van der Waals surface area contributed by atoms with Crippen LogP contribution in [0, 0.1) is 0 Å². The SMILES string of the molecule is Nc1ncc(C2CCCC2)cc1Br. The van der Waals surface area contributed by atoms with E-state index >= 15 is 0 Å². The number of anilines is 1. The van der Waals surface area contributed by atoms with E-state index in [1.165, 1.54) is 31.2 Å². The number of hydrogen-bond donors (Lipinski definition) is 1. The fourth-order valence-electron chi connectivity index (χ4n) is 1.95. The average Bonchev–Trinajstić information content (AvgIpc) is 2.62. The molecule has 1 heterocycles. The third-order valence-corrected chi connectivity index (χ3v) is 3.35. The molecule has 0 radical (unpaired) electrons. The van der Waals surface area contributed by atoms with Crippen LogP contribution >= 0.6 is 15.9 Å². The Labute approximate surface area is 86.7 Å². The van der Waals surface area contributed by atoms with E-state index < -0.39 is 0 Å². The number of nitrogen functional groups attached to an aromatic ring is 1. The van der Waals surface area contributed by atoms with Crippen LogP contribution in [0.5, 0.6) is 0 Å². The Morgan fingerprint density at radius 3 is 2.69 bits per heavy atom. The summed E-state index contributed by atoms with van der Waals surface area (Å²) in [6.45, 7) is 0. The van der Waals surface area contributed by atoms with Gasteiger partial charge in [-0.05, 0) is 46.3 Å². The van der Waals surface area contributed by atoms with Crippen LogP contribution in [0.25, 0.3) is 0 Å². The number of hydrogen-bond acceptors (Lipinski definition) is 2. The van der Waals surface area contributed by atoms with E-state index in [-0.39, 0.29) is 0 Å². The molecule has 2 nitrogen and oxygen atoms in total. The first-order valence-electron chi connectivity index (χ1n) is 4.68. The largest absolute Gasteiger partial charge is 0.383 e. The number of halogens is 1. The Hall–Kier alpha value is -0.570. The second kappa shape index (κ2) is 3.66. The summed E-state index contributed by atoms with van der Waals surface area (Å²) in [4.78, 5) is 4.15. The van der Waals surface area contributed by atoms with Crippen molar-refractivity contribution in [3.63, 3.8) is 0 Å². The minimum absolute atomic E-state index is 0.585. The maximum atomic E-state index is 5.63. The van der Waals surface area contributed by atoms with Gasteiger partial charge in [0.2, 0.25) is 0 Å². The lowest BCUT2D eigenvalue weighted by atomic mass is 10.00. The molecule has 2 N–H and O–H groups in total. The van der Waals surface area contributed by atoms with Crippen LogP contribution < -0.4 is 5.73 Å². The summed E-state index contributed by atoms with van der Waals surface area (Å²) in [5.74, 6) is 1.30. The molecule has 0 atom stereocenters. The average molecular weight is 241 g/mol. The summed E-state index contributed by atoms with van der Waals surface area (Å²) < 4.78 is 0.928. The van der Waals surface area contributed by atoms with Crippen LogP contribution in [0.15, 0.2) is 16.7 Å². The quantitative estimate of drug-likeness (QED) is 0.820. The van der Waals surface area contributed by atoms with Crippen molar-refractivity contribution in [3.05, 3.63) is 22.3 Å². The minimum Gasteiger partial charge on any atom is -0.383 e. The second-order valence-corrected chi connectivity index (χ2v) is 4.47. The van der Waals surface area contributed by atoms with Crippen molar-refractivity contribution in [2.24, 2.45) is 0 Å². The van der Waals surface area contributed by atoms with Crippen molar-refractivity contribution in [3.8, 4) is 0 Å². The Morgan fingerprint density at radius 2 is 2.08 bits per heavy atom. The van der Waals surface area contributed by atoms with E-state index in [1.54, 1.807) is 0 Å². The molecule has 0 saturated heterocycles. The van der Waals surface area contributed by atoms with Crippen molar-refractivity contribution in [1.82, 2.24) is 4.98 Å². The number of nitrogens with zero attached hydrogens (tertiary/aromatic N) is 1. The normalized spacial score (nSPS) is 17.9. The molecule has 1 saturated carbocycles. The van der Waals surface area contributed by atoms with Gasteiger partial charge in [0.05, 0.1) is 4.47 Å². The third kappa shape index (κ3) is 1.85. The molecule has 1 aromatic rings. The molecule has 1 aliphatic carbocycles. The van der Waals surface area contributed by atoms with E-state index in [0.29, 0.717) is 11.7 Å². The fraction of sp³-hybridized carbons (Fsp3) is 0.500. The Balaban J connectivity index is 2.25. The van der Waals surface area contributed by atoms with Crippen LogP contribution in [0.2, 0.25) is 0 Å². The first-order valence-corrected chi connectivity index (χ1v) is 5.47.